The van der Waals surface area contributed by atoms with Crippen LogP contribution < -0.4 is 14.6 Å². The number of carbonyl (C=O) groups excluding carboxylic acids is 4. The molecule has 284 valence electrons. The average molecular weight is 801 g/mol. The summed E-state index contributed by atoms with van der Waals surface area (Å²) < 4.78 is 99.0. The zero-order chi connectivity index (χ0) is 39.4. The molecule has 0 unspecified atom stereocenters. The first-order valence-corrected chi connectivity index (χ1v) is 16.9. The standard InChI is InChI=1S/C35H25Cl2F7N4O6/c1-33-20(30(51)47(32(33)53)14-3-8-23(38)22(37)11-14)13-18-16(27(33)19-12-15(4-9-24(19)49)54-35(42,43)44)5-6-17-26(18)31(52)48(29(17)50)46(2)28-21(36)7-10-25(45-28)34(39,40)41/h3-5,7-12,17-18,20,26-27,49H,6,13H2,1-2H3/t17-,18+,20-,26-,27+,33+/m0/s1. The second-order valence-electron chi connectivity index (χ2n) is 13.5. The highest BCUT2D eigenvalue weighted by molar-refractivity contribution is 6.33. The largest absolute Gasteiger partial charge is 0.573 e. The van der Waals surface area contributed by atoms with Crippen molar-refractivity contribution < 1.29 is 59.8 Å². The summed E-state index contributed by atoms with van der Waals surface area (Å²) in [5.41, 5.74) is -3.33. The highest BCUT2D eigenvalue weighted by Gasteiger charge is 2.68. The van der Waals surface area contributed by atoms with Crippen LogP contribution in [0.5, 0.6) is 11.5 Å². The predicted octanol–water partition coefficient (Wildman–Crippen LogP) is 7.43. The van der Waals surface area contributed by atoms with Gasteiger partial charge in [0.05, 0.1) is 38.9 Å². The molecule has 1 aromatic heterocycles. The maximum atomic E-state index is 14.5. The Kier molecular flexibility index (Phi) is 8.72. The molecule has 0 spiro atoms. The zero-order valence-electron chi connectivity index (χ0n) is 27.7. The Labute approximate surface area is 310 Å². The van der Waals surface area contributed by atoms with Crippen molar-refractivity contribution in [2.75, 3.05) is 17.0 Å². The number of nitrogens with zero attached hydrogens (tertiary/aromatic N) is 4. The Balaban J connectivity index is 1.35. The first kappa shape index (κ1) is 37.4. The molecule has 2 aliphatic carbocycles. The van der Waals surface area contributed by atoms with E-state index in [1.165, 1.54) is 13.0 Å². The van der Waals surface area contributed by atoms with E-state index in [0.29, 0.717) is 11.1 Å². The third-order valence-electron chi connectivity index (χ3n) is 10.7. The molecule has 19 heteroatoms. The highest BCUT2D eigenvalue weighted by Crippen LogP contribution is 2.64. The number of pyridine rings is 1. The first-order chi connectivity index (χ1) is 25.1. The van der Waals surface area contributed by atoms with Crippen LogP contribution in [-0.2, 0) is 25.4 Å². The van der Waals surface area contributed by atoms with E-state index in [0.717, 1.165) is 59.4 Å². The number of anilines is 2. The predicted molar refractivity (Wildman–Crippen MR) is 175 cm³/mol. The molecular weight excluding hydrogens is 776 g/mol. The van der Waals surface area contributed by atoms with Gasteiger partial charge < -0.3 is 9.84 Å². The molecule has 4 aliphatic rings. The number of amides is 4. The van der Waals surface area contributed by atoms with Gasteiger partial charge in [-0.25, -0.2) is 14.3 Å². The van der Waals surface area contributed by atoms with E-state index in [2.05, 4.69) is 9.72 Å². The third kappa shape index (κ3) is 5.74. The van der Waals surface area contributed by atoms with E-state index in [9.17, 15) is 55.0 Å². The van der Waals surface area contributed by atoms with Crippen LogP contribution in [0.4, 0.5) is 42.2 Å². The number of aromatic hydroxyl groups is 1. The van der Waals surface area contributed by atoms with Crippen molar-refractivity contribution >= 4 is 58.3 Å². The number of alkyl halides is 6. The SMILES string of the molecule is CN(c1nc(C(F)(F)F)ccc1Cl)N1C(=O)[C@H]2[C@H](CC=C3[C@H]2C[C@H]2C(=O)N(c4ccc(F)c(Cl)c4)C(=O)[C@@]2(C)[C@H]3c2cc(OC(F)(F)F)ccc2O)C1=O. The van der Waals surface area contributed by atoms with Gasteiger partial charge in [-0.15, -0.1) is 13.2 Å². The minimum atomic E-state index is -5.16. The second kappa shape index (κ2) is 12.6. The van der Waals surface area contributed by atoms with Crippen molar-refractivity contribution in [1.29, 1.82) is 0 Å². The number of imide groups is 2. The number of phenols is 1. The molecule has 3 fully saturated rings. The van der Waals surface area contributed by atoms with Crippen LogP contribution >= 0.6 is 23.2 Å². The molecule has 6 atom stereocenters. The first-order valence-electron chi connectivity index (χ1n) is 16.1. The number of hydrazine groups is 1. The fraction of sp³-hybridized carbons (Fsp3) is 0.343. The van der Waals surface area contributed by atoms with Crippen molar-refractivity contribution in [3.8, 4) is 11.5 Å². The van der Waals surface area contributed by atoms with Gasteiger partial charge in [0.2, 0.25) is 11.8 Å². The number of carbonyl (C=O) groups is 4. The van der Waals surface area contributed by atoms with Gasteiger partial charge in [0.25, 0.3) is 11.8 Å². The minimum absolute atomic E-state index is 0.121. The Morgan fingerprint density at radius 3 is 2.28 bits per heavy atom. The van der Waals surface area contributed by atoms with Gasteiger partial charge in [0.15, 0.2) is 5.82 Å². The molecule has 54 heavy (non-hydrogen) atoms. The number of hydrogen-bond donors (Lipinski definition) is 1. The van der Waals surface area contributed by atoms with Gasteiger partial charge >= 0.3 is 12.5 Å². The van der Waals surface area contributed by atoms with Crippen LogP contribution in [-0.4, -0.2) is 52.1 Å². The number of hydrogen-bond acceptors (Lipinski definition) is 8. The number of fused-ring (bicyclic) bond motifs is 4. The Morgan fingerprint density at radius 2 is 1.63 bits per heavy atom. The summed E-state index contributed by atoms with van der Waals surface area (Å²) in [6, 6.07) is 7.24. The fourth-order valence-corrected chi connectivity index (χ4v) is 8.78. The fourth-order valence-electron chi connectivity index (χ4n) is 8.38. The Morgan fingerprint density at radius 1 is 0.926 bits per heavy atom. The van der Waals surface area contributed by atoms with Gasteiger partial charge in [-0.3, -0.25) is 24.2 Å². The lowest BCUT2D eigenvalue weighted by atomic mass is 9.51. The molecule has 1 N–H and O–H groups in total. The van der Waals surface area contributed by atoms with Gasteiger partial charge in [-0.05, 0) is 74.2 Å². The highest BCUT2D eigenvalue weighted by atomic mass is 35.5. The summed E-state index contributed by atoms with van der Waals surface area (Å²) in [6.07, 6.45) is -8.97. The van der Waals surface area contributed by atoms with E-state index < -0.39 is 105 Å². The third-order valence-corrected chi connectivity index (χ3v) is 11.3. The molecule has 0 radical (unpaired) electrons. The topological polar surface area (TPSA) is 120 Å². The van der Waals surface area contributed by atoms with Crippen LogP contribution in [0.1, 0.15) is 36.9 Å². The molecule has 3 aromatic rings. The molecule has 7 rings (SSSR count). The molecule has 4 amide bonds. The average Bonchev–Trinajstić information content (AvgIpc) is 3.45. The van der Waals surface area contributed by atoms with Crippen molar-refractivity contribution in [2.24, 2.45) is 29.1 Å². The smallest absolute Gasteiger partial charge is 0.508 e. The lowest BCUT2D eigenvalue weighted by Gasteiger charge is -2.49. The van der Waals surface area contributed by atoms with Crippen LogP contribution in [0.15, 0.2) is 60.2 Å². The number of halogens is 9. The summed E-state index contributed by atoms with van der Waals surface area (Å²) in [6.45, 7) is 1.39. The van der Waals surface area contributed by atoms with Crippen LogP contribution in [0.2, 0.25) is 10.0 Å². The van der Waals surface area contributed by atoms with Gasteiger partial charge in [0, 0.05) is 18.5 Å². The van der Waals surface area contributed by atoms with Gasteiger partial charge in [-0.1, -0.05) is 34.9 Å². The maximum absolute atomic E-state index is 14.5. The summed E-state index contributed by atoms with van der Waals surface area (Å²) in [5, 5.41) is 11.8. The number of aromatic nitrogens is 1. The van der Waals surface area contributed by atoms with E-state index in [4.69, 9.17) is 23.2 Å². The van der Waals surface area contributed by atoms with E-state index in [-0.39, 0.29) is 34.7 Å². The number of allylic oxidation sites excluding steroid dienone is 2. The van der Waals surface area contributed by atoms with Gasteiger partial charge in [-0.2, -0.15) is 18.2 Å². The molecule has 10 nitrogen and oxygen atoms in total. The lowest BCUT2D eigenvalue weighted by Crippen LogP contribution is -2.49. The molecule has 0 bridgehead atoms. The zero-order valence-corrected chi connectivity index (χ0v) is 29.2. The summed E-state index contributed by atoms with van der Waals surface area (Å²) >= 11 is 12.2. The molecule has 2 saturated heterocycles. The molecule has 3 heterocycles. The maximum Gasteiger partial charge on any atom is 0.573 e. The van der Waals surface area contributed by atoms with E-state index in [1.807, 2.05) is 0 Å². The minimum Gasteiger partial charge on any atom is -0.508 e. The lowest BCUT2D eigenvalue weighted by molar-refractivity contribution is -0.274. The van der Waals surface area contributed by atoms with Gasteiger partial charge in [0.1, 0.15) is 23.0 Å². The molecular formula is C35H25Cl2F7N4O6. The number of ether oxygens (including phenoxy) is 1. The summed E-state index contributed by atoms with van der Waals surface area (Å²) in [7, 11) is 1.12. The molecule has 2 aliphatic heterocycles. The normalized spacial score (nSPS) is 26.8. The molecule has 1 saturated carbocycles. The Hall–Kier alpha value is -4.90. The molecule has 2 aromatic carbocycles. The summed E-state index contributed by atoms with van der Waals surface area (Å²) in [4.78, 5) is 61.4. The van der Waals surface area contributed by atoms with Crippen molar-refractivity contribution in [2.45, 2.75) is 38.2 Å². The summed E-state index contributed by atoms with van der Waals surface area (Å²) in [5.74, 6) is -12.4. The quantitative estimate of drug-likeness (QED) is 0.161. The van der Waals surface area contributed by atoms with Crippen LogP contribution in [0.25, 0.3) is 0 Å². The van der Waals surface area contributed by atoms with Crippen LogP contribution in [0, 0.1) is 34.9 Å². The van der Waals surface area contributed by atoms with Crippen molar-refractivity contribution in [3.63, 3.8) is 0 Å². The number of phenolic OH excluding ortho intramolecular Hbond substituents is 1. The number of benzene rings is 2. The van der Waals surface area contributed by atoms with Crippen LogP contribution in [0.3, 0.4) is 0 Å². The van der Waals surface area contributed by atoms with Crippen molar-refractivity contribution in [3.05, 3.63) is 87.3 Å². The van der Waals surface area contributed by atoms with Crippen molar-refractivity contribution in [1.82, 2.24) is 9.99 Å². The van der Waals surface area contributed by atoms with E-state index >= 15 is 0 Å². The van der Waals surface area contributed by atoms with E-state index in [1.54, 1.807) is 0 Å². The number of rotatable bonds is 5. The Bertz CT molecular complexity index is 2180. The monoisotopic (exact) mass is 800 g/mol. The second-order valence-corrected chi connectivity index (χ2v) is 14.4.